The number of likely N-dealkylation sites (tertiary alicyclic amines) is 1. The predicted octanol–water partition coefficient (Wildman–Crippen LogP) is 5.22. The number of ether oxygens (including phenoxy) is 1. The first kappa shape index (κ1) is 21.2. The molecule has 2 saturated heterocycles. The maximum atomic E-state index is 13.4. The lowest BCUT2D eigenvalue weighted by molar-refractivity contribution is 0.0152. The fraction of sp³-hybridized carbons (Fsp3) is 0.320. The van der Waals surface area contributed by atoms with E-state index in [9.17, 15) is 13.6 Å². The second-order valence-electron chi connectivity index (χ2n) is 8.13. The molecule has 0 bridgehead atoms. The molecular formula is C25H26F2N2O2. The van der Waals surface area contributed by atoms with Crippen LogP contribution in [0.25, 0.3) is 5.57 Å². The van der Waals surface area contributed by atoms with Crippen LogP contribution >= 0.6 is 0 Å². The Morgan fingerprint density at radius 3 is 2.00 bits per heavy atom. The van der Waals surface area contributed by atoms with Crippen LogP contribution in [-0.2, 0) is 4.74 Å². The molecule has 0 unspecified atom stereocenters. The first-order valence-corrected chi connectivity index (χ1v) is 10.5. The highest BCUT2D eigenvalue weighted by Gasteiger charge is 2.48. The molecule has 2 fully saturated rings. The van der Waals surface area contributed by atoms with Crippen LogP contribution in [0.15, 0.2) is 66.9 Å². The van der Waals surface area contributed by atoms with Gasteiger partial charge < -0.3 is 9.64 Å². The van der Waals surface area contributed by atoms with E-state index in [0.29, 0.717) is 0 Å². The Bertz CT molecular complexity index is 944. The Kier molecular flexibility index (Phi) is 5.92. The SMILES string of the molecule is C=C1N(C)C(=O)OC12CCN(CCC=C(c1ccc(F)cc1)c1ccc(F)cc1)CC2. The summed E-state index contributed by atoms with van der Waals surface area (Å²) >= 11 is 0. The lowest BCUT2D eigenvalue weighted by Gasteiger charge is -2.37. The highest BCUT2D eigenvalue weighted by Crippen LogP contribution is 2.39. The number of amides is 1. The second-order valence-corrected chi connectivity index (χ2v) is 8.13. The average Bonchev–Trinajstić information content (AvgIpc) is 2.98. The minimum Gasteiger partial charge on any atom is -0.436 e. The number of halogens is 2. The van der Waals surface area contributed by atoms with Gasteiger partial charge in [-0.3, -0.25) is 4.90 Å². The summed E-state index contributed by atoms with van der Waals surface area (Å²) in [4.78, 5) is 15.7. The van der Waals surface area contributed by atoms with E-state index >= 15 is 0 Å². The number of benzene rings is 2. The van der Waals surface area contributed by atoms with E-state index in [-0.39, 0.29) is 17.7 Å². The minimum atomic E-state index is -0.564. The third kappa shape index (κ3) is 4.39. The normalized spacial score (nSPS) is 18.4. The van der Waals surface area contributed by atoms with Crippen molar-refractivity contribution in [2.75, 3.05) is 26.7 Å². The molecule has 2 heterocycles. The molecule has 1 amide bonds. The van der Waals surface area contributed by atoms with Crippen LogP contribution < -0.4 is 0 Å². The Labute approximate surface area is 181 Å². The Balaban J connectivity index is 1.43. The van der Waals surface area contributed by atoms with Crippen LogP contribution in [0, 0.1) is 11.6 Å². The monoisotopic (exact) mass is 424 g/mol. The molecule has 2 aliphatic rings. The summed E-state index contributed by atoms with van der Waals surface area (Å²) in [5, 5.41) is 0. The van der Waals surface area contributed by atoms with E-state index < -0.39 is 5.60 Å². The van der Waals surface area contributed by atoms with Crippen molar-refractivity contribution in [1.29, 1.82) is 0 Å². The van der Waals surface area contributed by atoms with E-state index in [2.05, 4.69) is 17.6 Å². The summed E-state index contributed by atoms with van der Waals surface area (Å²) in [6, 6.07) is 12.7. The van der Waals surface area contributed by atoms with Crippen molar-refractivity contribution >= 4 is 11.7 Å². The van der Waals surface area contributed by atoms with Crippen LogP contribution in [-0.4, -0.2) is 48.2 Å². The van der Waals surface area contributed by atoms with Gasteiger partial charge in [-0.25, -0.2) is 13.6 Å². The van der Waals surface area contributed by atoms with Crippen LogP contribution in [0.3, 0.4) is 0 Å². The van der Waals surface area contributed by atoms with Gasteiger partial charge in [-0.1, -0.05) is 36.9 Å². The Hall–Kier alpha value is -2.99. The second kappa shape index (κ2) is 8.63. The van der Waals surface area contributed by atoms with Gasteiger partial charge in [0.05, 0.1) is 5.70 Å². The summed E-state index contributed by atoms with van der Waals surface area (Å²) in [5.41, 5.74) is 2.91. The van der Waals surface area contributed by atoms with E-state index in [4.69, 9.17) is 4.74 Å². The maximum Gasteiger partial charge on any atom is 0.414 e. The third-order valence-corrected chi connectivity index (χ3v) is 6.26. The molecule has 2 aromatic rings. The average molecular weight is 424 g/mol. The van der Waals surface area contributed by atoms with Gasteiger partial charge >= 0.3 is 6.09 Å². The number of piperidine rings is 1. The van der Waals surface area contributed by atoms with Crippen molar-refractivity contribution in [1.82, 2.24) is 9.80 Å². The van der Waals surface area contributed by atoms with Gasteiger partial charge in [0.15, 0.2) is 5.60 Å². The first-order valence-electron chi connectivity index (χ1n) is 10.5. The van der Waals surface area contributed by atoms with Crippen molar-refractivity contribution in [3.63, 3.8) is 0 Å². The van der Waals surface area contributed by atoms with Crippen molar-refractivity contribution in [3.05, 3.63) is 89.6 Å². The third-order valence-electron chi connectivity index (χ3n) is 6.26. The number of hydrogen-bond donors (Lipinski definition) is 0. The highest BCUT2D eigenvalue weighted by molar-refractivity contribution is 5.79. The fourth-order valence-electron chi connectivity index (χ4n) is 4.29. The van der Waals surface area contributed by atoms with Crippen LogP contribution in [0.2, 0.25) is 0 Å². The molecule has 0 radical (unpaired) electrons. The molecular weight excluding hydrogens is 398 g/mol. The topological polar surface area (TPSA) is 32.8 Å². The van der Waals surface area contributed by atoms with Crippen molar-refractivity contribution in [2.24, 2.45) is 0 Å². The lowest BCUT2D eigenvalue weighted by Crippen LogP contribution is -2.45. The van der Waals surface area contributed by atoms with Gasteiger partial charge in [-0.15, -0.1) is 0 Å². The molecule has 0 aromatic heterocycles. The summed E-state index contributed by atoms with van der Waals surface area (Å²) in [6.07, 6.45) is 4.04. The number of rotatable bonds is 5. The molecule has 0 saturated carbocycles. The molecule has 31 heavy (non-hydrogen) atoms. The maximum absolute atomic E-state index is 13.4. The van der Waals surface area contributed by atoms with Gasteiger partial charge in [0.25, 0.3) is 0 Å². The van der Waals surface area contributed by atoms with E-state index in [1.54, 1.807) is 31.3 Å². The number of carbonyl (C=O) groups is 1. The Morgan fingerprint density at radius 2 is 1.55 bits per heavy atom. The molecule has 2 aliphatic heterocycles. The van der Waals surface area contributed by atoms with Gasteiger partial charge in [-0.05, 0) is 47.4 Å². The van der Waals surface area contributed by atoms with Crippen molar-refractivity contribution in [3.8, 4) is 0 Å². The van der Waals surface area contributed by atoms with Gasteiger partial charge in [-0.2, -0.15) is 0 Å². The number of likely N-dealkylation sites (N-methyl/N-ethyl adjacent to an activating group) is 1. The van der Waals surface area contributed by atoms with Crippen molar-refractivity contribution < 1.29 is 18.3 Å². The molecule has 0 N–H and O–H groups in total. The summed E-state index contributed by atoms with van der Waals surface area (Å²) in [6.45, 7) is 6.53. The Morgan fingerprint density at radius 1 is 1.03 bits per heavy atom. The first-order chi connectivity index (χ1) is 14.9. The van der Waals surface area contributed by atoms with E-state index in [1.165, 1.54) is 29.2 Å². The smallest absolute Gasteiger partial charge is 0.414 e. The van der Waals surface area contributed by atoms with Crippen LogP contribution in [0.5, 0.6) is 0 Å². The summed E-state index contributed by atoms with van der Waals surface area (Å²) < 4.78 is 32.4. The molecule has 6 heteroatoms. The zero-order valence-corrected chi connectivity index (χ0v) is 17.6. The molecule has 0 atom stereocenters. The largest absolute Gasteiger partial charge is 0.436 e. The zero-order valence-electron chi connectivity index (χ0n) is 17.6. The number of hydrogen-bond acceptors (Lipinski definition) is 3. The van der Waals surface area contributed by atoms with E-state index in [0.717, 1.165) is 61.3 Å². The predicted molar refractivity (Wildman–Crippen MR) is 116 cm³/mol. The van der Waals surface area contributed by atoms with E-state index in [1.807, 2.05) is 0 Å². The molecule has 4 nitrogen and oxygen atoms in total. The van der Waals surface area contributed by atoms with Gasteiger partial charge in [0.1, 0.15) is 11.6 Å². The van der Waals surface area contributed by atoms with Crippen LogP contribution in [0.4, 0.5) is 13.6 Å². The quantitative estimate of drug-likeness (QED) is 0.660. The van der Waals surface area contributed by atoms with Gasteiger partial charge in [0.2, 0.25) is 0 Å². The zero-order chi connectivity index (χ0) is 22.0. The standard InChI is InChI=1S/C25H26F2N2O2/c1-18-25(31-24(30)28(18)2)13-16-29(17-14-25)15-3-4-23(19-5-9-21(26)10-6-19)20-7-11-22(27)12-8-20/h4-12H,1,3,13-17H2,2H3. The molecule has 4 rings (SSSR count). The van der Waals surface area contributed by atoms with Crippen LogP contribution in [0.1, 0.15) is 30.4 Å². The molecule has 1 spiro atoms. The van der Waals surface area contributed by atoms with Crippen molar-refractivity contribution in [2.45, 2.75) is 24.9 Å². The fourth-order valence-corrected chi connectivity index (χ4v) is 4.29. The highest BCUT2D eigenvalue weighted by atomic mass is 19.1. The summed E-state index contributed by atoms with van der Waals surface area (Å²) in [5.74, 6) is -0.575. The number of nitrogens with zero attached hydrogens (tertiary/aromatic N) is 2. The lowest BCUT2D eigenvalue weighted by atomic mass is 9.88. The molecule has 2 aromatic carbocycles. The molecule has 0 aliphatic carbocycles. The number of carbonyl (C=O) groups excluding carboxylic acids is 1. The minimum absolute atomic E-state index is 0.288. The van der Waals surface area contributed by atoms with Gasteiger partial charge in [0, 0.05) is 39.5 Å². The molecule has 162 valence electrons. The summed E-state index contributed by atoms with van der Waals surface area (Å²) in [7, 11) is 1.70.